The van der Waals surface area contributed by atoms with E-state index in [4.69, 9.17) is 0 Å². The normalized spacial score (nSPS) is 12.9. The van der Waals surface area contributed by atoms with Crippen LogP contribution in [0, 0.1) is 5.82 Å². The van der Waals surface area contributed by atoms with E-state index in [2.05, 4.69) is 15.9 Å². The molecule has 0 aliphatic rings. The minimum atomic E-state index is -2.91. The number of carbonyl (C=O) groups excluding carboxylic acids is 1. The van der Waals surface area contributed by atoms with Gasteiger partial charge in [-0.3, -0.25) is 4.79 Å². The van der Waals surface area contributed by atoms with Gasteiger partial charge in [0, 0.05) is 0 Å². The highest BCUT2D eigenvalue weighted by molar-refractivity contribution is 9.10. The summed E-state index contributed by atoms with van der Waals surface area (Å²) in [6.07, 6.45) is -2.91. The van der Waals surface area contributed by atoms with Gasteiger partial charge in [0.15, 0.2) is 5.78 Å². The molecule has 1 aromatic carbocycles. The zero-order valence-electron chi connectivity index (χ0n) is 7.81. The van der Waals surface area contributed by atoms with Crippen LogP contribution in [-0.2, 0) is 0 Å². The summed E-state index contributed by atoms with van der Waals surface area (Å²) in [6.45, 7) is 1.51. The third-order valence-electron chi connectivity index (χ3n) is 1.89. The average Bonchev–Trinajstić information content (AvgIpc) is 2.16. The Morgan fingerprint density at radius 2 is 2.00 bits per heavy atom. The number of benzene rings is 1. The lowest BCUT2D eigenvalue weighted by atomic mass is 10.0. The molecule has 0 spiro atoms. The molecule has 1 atom stereocenters. The maximum atomic E-state index is 13.4. The molecule has 1 rings (SSSR count). The lowest BCUT2D eigenvalue weighted by molar-refractivity contribution is 0.0990. The fourth-order valence-corrected chi connectivity index (χ4v) is 1.37. The molecule has 1 unspecified atom stereocenters. The first-order chi connectivity index (χ1) is 6.95. The molecule has 0 N–H and O–H groups in total. The molecule has 1 aromatic rings. The molecular formula is C10H8BrF3O. The molecule has 0 radical (unpaired) electrons. The number of halogens is 4. The van der Waals surface area contributed by atoms with Gasteiger partial charge in [-0.25, -0.2) is 13.2 Å². The molecule has 5 heteroatoms. The first-order valence-electron chi connectivity index (χ1n) is 4.20. The number of Topliss-reactive ketones (excluding diaryl/α,β-unsaturated/α-hetero) is 1. The molecule has 0 amide bonds. The molecule has 0 aliphatic carbocycles. The summed E-state index contributed by atoms with van der Waals surface area (Å²) >= 11 is 2.97. The molecule has 0 bridgehead atoms. The van der Waals surface area contributed by atoms with Crippen molar-refractivity contribution in [3.8, 4) is 0 Å². The van der Waals surface area contributed by atoms with Gasteiger partial charge in [0.2, 0.25) is 0 Å². The topological polar surface area (TPSA) is 17.1 Å². The number of hydrogen-bond donors (Lipinski definition) is 0. The summed E-state index contributed by atoms with van der Waals surface area (Å²) < 4.78 is 38.0. The summed E-state index contributed by atoms with van der Waals surface area (Å²) in [5, 5.41) is 0. The van der Waals surface area contributed by atoms with Gasteiger partial charge in [-0.15, -0.1) is 0 Å². The van der Waals surface area contributed by atoms with Crippen LogP contribution in [0.2, 0.25) is 0 Å². The standard InChI is InChI=1S/C10H8BrF3O/c1-5(11)9(15)6-3-2-4-7(8(6)12)10(13)14/h2-5,10H,1H3. The van der Waals surface area contributed by atoms with Crippen LogP contribution in [0.3, 0.4) is 0 Å². The number of alkyl halides is 3. The van der Waals surface area contributed by atoms with Gasteiger partial charge in [-0.2, -0.15) is 0 Å². The van der Waals surface area contributed by atoms with Crippen molar-refractivity contribution in [2.24, 2.45) is 0 Å². The van der Waals surface area contributed by atoms with E-state index < -0.39 is 28.4 Å². The molecule has 0 heterocycles. The fraction of sp³-hybridized carbons (Fsp3) is 0.300. The lowest BCUT2D eigenvalue weighted by Crippen LogP contribution is -2.13. The quantitative estimate of drug-likeness (QED) is 0.609. The van der Waals surface area contributed by atoms with Crippen molar-refractivity contribution in [1.82, 2.24) is 0 Å². The van der Waals surface area contributed by atoms with Crippen LogP contribution >= 0.6 is 15.9 Å². The van der Waals surface area contributed by atoms with Gasteiger partial charge in [-0.05, 0) is 13.0 Å². The molecule has 0 saturated heterocycles. The van der Waals surface area contributed by atoms with Crippen LogP contribution in [0.25, 0.3) is 0 Å². The van der Waals surface area contributed by atoms with Gasteiger partial charge in [0.25, 0.3) is 6.43 Å². The maximum Gasteiger partial charge on any atom is 0.266 e. The largest absolute Gasteiger partial charge is 0.293 e. The summed E-state index contributed by atoms with van der Waals surface area (Å²) in [5.74, 6) is -1.68. The number of hydrogen-bond acceptors (Lipinski definition) is 1. The Hall–Kier alpha value is -0.840. The smallest absolute Gasteiger partial charge is 0.266 e. The monoisotopic (exact) mass is 280 g/mol. The van der Waals surface area contributed by atoms with E-state index in [1.807, 2.05) is 0 Å². The van der Waals surface area contributed by atoms with Crippen molar-refractivity contribution in [2.75, 3.05) is 0 Å². The Balaban J connectivity index is 3.21. The molecule has 15 heavy (non-hydrogen) atoms. The van der Waals surface area contributed by atoms with E-state index in [1.165, 1.54) is 19.1 Å². The second-order valence-corrected chi connectivity index (χ2v) is 4.36. The van der Waals surface area contributed by atoms with E-state index >= 15 is 0 Å². The minimum absolute atomic E-state index is 0.308. The van der Waals surface area contributed by atoms with Crippen LogP contribution in [0.4, 0.5) is 13.2 Å². The highest BCUT2D eigenvalue weighted by atomic mass is 79.9. The zero-order chi connectivity index (χ0) is 11.6. The van der Waals surface area contributed by atoms with Gasteiger partial charge >= 0.3 is 0 Å². The Bertz CT molecular complexity index is 377. The van der Waals surface area contributed by atoms with Crippen molar-refractivity contribution >= 4 is 21.7 Å². The van der Waals surface area contributed by atoms with E-state index in [9.17, 15) is 18.0 Å². The van der Waals surface area contributed by atoms with E-state index in [-0.39, 0.29) is 5.56 Å². The Morgan fingerprint density at radius 1 is 1.40 bits per heavy atom. The second-order valence-electron chi connectivity index (χ2n) is 2.99. The molecule has 82 valence electrons. The molecular weight excluding hydrogens is 273 g/mol. The first kappa shape index (κ1) is 12.2. The van der Waals surface area contributed by atoms with E-state index in [0.717, 1.165) is 6.07 Å². The number of carbonyl (C=O) groups is 1. The van der Waals surface area contributed by atoms with Gasteiger partial charge in [0.05, 0.1) is 16.0 Å². The SMILES string of the molecule is CC(Br)C(=O)c1cccc(C(F)F)c1F. The first-order valence-corrected chi connectivity index (χ1v) is 5.11. The van der Waals surface area contributed by atoms with Crippen molar-refractivity contribution in [1.29, 1.82) is 0 Å². The summed E-state index contributed by atoms with van der Waals surface area (Å²) in [7, 11) is 0. The van der Waals surface area contributed by atoms with Crippen LogP contribution in [0.1, 0.15) is 29.3 Å². The van der Waals surface area contributed by atoms with Crippen molar-refractivity contribution in [3.63, 3.8) is 0 Å². The van der Waals surface area contributed by atoms with Crippen LogP contribution in [-0.4, -0.2) is 10.6 Å². The van der Waals surface area contributed by atoms with Crippen molar-refractivity contribution in [2.45, 2.75) is 18.2 Å². The molecule has 0 aromatic heterocycles. The predicted molar refractivity (Wildman–Crippen MR) is 54.1 cm³/mol. The summed E-state index contributed by atoms with van der Waals surface area (Å²) in [5.41, 5.74) is -1.05. The van der Waals surface area contributed by atoms with Crippen LogP contribution < -0.4 is 0 Å². The Labute approximate surface area is 93.4 Å². The van der Waals surface area contributed by atoms with Crippen LogP contribution in [0.15, 0.2) is 18.2 Å². The molecule has 0 saturated carbocycles. The number of ketones is 1. The average molecular weight is 281 g/mol. The van der Waals surface area contributed by atoms with Crippen LogP contribution in [0.5, 0.6) is 0 Å². The van der Waals surface area contributed by atoms with Gasteiger partial charge in [0.1, 0.15) is 5.82 Å². The minimum Gasteiger partial charge on any atom is -0.293 e. The lowest BCUT2D eigenvalue weighted by Gasteiger charge is -2.07. The second kappa shape index (κ2) is 4.79. The van der Waals surface area contributed by atoms with Crippen molar-refractivity contribution in [3.05, 3.63) is 35.1 Å². The van der Waals surface area contributed by atoms with Gasteiger partial charge < -0.3 is 0 Å². The Morgan fingerprint density at radius 3 is 2.47 bits per heavy atom. The number of rotatable bonds is 3. The highest BCUT2D eigenvalue weighted by Crippen LogP contribution is 2.25. The molecule has 0 aliphatic heterocycles. The van der Waals surface area contributed by atoms with E-state index in [1.54, 1.807) is 0 Å². The third kappa shape index (κ3) is 2.59. The summed E-state index contributed by atoms with van der Waals surface area (Å²) in [4.78, 5) is 10.8. The maximum absolute atomic E-state index is 13.4. The van der Waals surface area contributed by atoms with Gasteiger partial charge in [-0.1, -0.05) is 28.1 Å². The fourth-order valence-electron chi connectivity index (χ4n) is 1.12. The predicted octanol–water partition coefficient (Wildman–Crippen LogP) is 3.73. The van der Waals surface area contributed by atoms with Crippen molar-refractivity contribution < 1.29 is 18.0 Å². The zero-order valence-corrected chi connectivity index (χ0v) is 9.39. The molecule has 1 nitrogen and oxygen atoms in total. The third-order valence-corrected chi connectivity index (χ3v) is 2.31. The Kier molecular flexibility index (Phi) is 3.90. The van der Waals surface area contributed by atoms with E-state index in [0.29, 0.717) is 0 Å². The molecule has 0 fully saturated rings. The highest BCUT2D eigenvalue weighted by Gasteiger charge is 2.21. The summed E-state index contributed by atoms with van der Waals surface area (Å²) in [6, 6.07) is 3.41.